The highest BCUT2D eigenvalue weighted by atomic mass is 32.2. The van der Waals surface area contributed by atoms with Crippen molar-refractivity contribution in [2.75, 3.05) is 25.1 Å². The number of fused-ring (bicyclic) bond motifs is 3. The van der Waals surface area contributed by atoms with E-state index < -0.39 is 0 Å². The lowest BCUT2D eigenvalue weighted by Gasteiger charge is -2.22. The highest BCUT2D eigenvalue weighted by molar-refractivity contribution is 7.99. The number of hydrogen-bond acceptors (Lipinski definition) is 6. The number of nitrogens with two attached hydrogens (primary N) is 1. The zero-order valence-corrected chi connectivity index (χ0v) is 14.3. The van der Waals surface area contributed by atoms with E-state index in [0.29, 0.717) is 5.82 Å². The Labute approximate surface area is 134 Å². The Morgan fingerprint density at radius 3 is 3.00 bits per heavy atom. The van der Waals surface area contributed by atoms with Crippen LogP contribution < -0.4 is 5.73 Å². The quantitative estimate of drug-likeness (QED) is 0.518. The molecule has 0 saturated carbocycles. The number of unbranched alkanes of at least 4 members (excludes halogenated alkanes) is 2. The Bertz CT molecular complexity index is 638. The Kier molecular flexibility index (Phi) is 4.66. The average Bonchev–Trinajstić information content (AvgIpc) is 2.81. The monoisotopic (exact) mass is 322 g/mol. The summed E-state index contributed by atoms with van der Waals surface area (Å²) < 4.78 is 0. The van der Waals surface area contributed by atoms with E-state index in [1.807, 2.05) is 0 Å². The van der Waals surface area contributed by atoms with Crippen LogP contribution in [0.3, 0.4) is 0 Å². The van der Waals surface area contributed by atoms with Crippen molar-refractivity contribution >= 4 is 39.1 Å². The first kappa shape index (κ1) is 15.1. The molecule has 0 bridgehead atoms. The zero-order chi connectivity index (χ0) is 14.8. The average molecular weight is 323 g/mol. The Morgan fingerprint density at radius 2 is 2.19 bits per heavy atom. The molecule has 6 heteroatoms. The molecule has 21 heavy (non-hydrogen) atoms. The van der Waals surface area contributed by atoms with Gasteiger partial charge in [-0.2, -0.15) is 0 Å². The molecule has 3 rings (SSSR count). The van der Waals surface area contributed by atoms with Crippen LogP contribution in [-0.2, 0) is 13.0 Å². The van der Waals surface area contributed by atoms with Gasteiger partial charge in [0.25, 0.3) is 0 Å². The van der Waals surface area contributed by atoms with Gasteiger partial charge >= 0.3 is 0 Å². The molecule has 0 unspecified atom stereocenters. The summed E-state index contributed by atoms with van der Waals surface area (Å²) in [5, 5.41) is 1.95. The number of aromatic nitrogens is 2. The van der Waals surface area contributed by atoms with Crippen LogP contribution in [0.25, 0.3) is 10.2 Å². The van der Waals surface area contributed by atoms with E-state index in [1.165, 1.54) is 29.7 Å². The summed E-state index contributed by atoms with van der Waals surface area (Å²) in [6.07, 6.45) is 4.79. The van der Waals surface area contributed by atoms with Crippen molar-refractivity contribution < 1.29 is 0 Å². The first-order valence-electron chi connectivity index (χ1n) is 7.58. The summed E-state index contributed by atoms with van der Waals surface area (Å²) in [6, 6.07) is 0. The second-order valence-electron chi connectivity index (χ2n) is 5.62. The normalized spacial score (nSPS) is 15.5. The van der Waals surface area contributed by atoms with Crippen LogP contribution in [0.5, 0.6) is 0 Å². The van der Waals surface area contributed by atoms with E-state index in [4.69, 9.17) is 10.7 Å². The summed E-state index contributed by atoms with van der Waals surface area (Å²) in [5.41, 5.74) is 7.60. The fraction of sp³-hybridized carbons (Fsp3) is 0.600. The van der Waals surface area contributed by atoms with Gasteiger partial charge in [-0.05, 0) is 25.5 Å². The first-order valence-corrected chi connectivity index (χ1v) is 9.38. The van der Waals surface area contributed by atoms with E-state index in [-0.39, 0.29) is 0 Å². The van der Waals surface area contributed by atoms with Gasteiger partial charge in [0.15, 0.2) is 5.16 Å². The third kappa shape index (κ3) is 3.17. The number of hydrogen-bond donors (Lipinski definition) is 1. The van der Waals surface area contributed by atoms with Crippen LogP contribution in [0, 0.1) is 0 Å². The summed E-state index contributed by atoms with van der Waals surface area (Å²) in [4.78, 5) is 14.1. The number of nitrogens with zero attached hydrogens (tertiary/aromatic N) is 3. The van der Waals surface area contributed by atoms with Crippen molar-refractivity contribution in [2.24, 2.45) is 0 Å². The van der Waals surface area contributed by atoms with Crippen molar-refractivity contribution in [3.8, 4) is 0 Å². The van der Waals surface area contributed by atoms with Crippen LogP contribution in [-0.4, -0.2) is 34.2 Å². The zero-order valence-electron chi connectivity index (χ0n) is 12.7. The maximum atomic E-state index is 6.22. The molecule has 4 nitrogen and oxygen atoms in total. The van der Waals surface area contributed by atoms with Crippen molar-refractivity contribution in [1.82, 2.24) is 14.9 Å². The van der Waals surface area contributed by atoms with Gasteiger partial charge in [0, 0.05) is 23.7 Å². The molecule has 114 valence electrons. The van der Waals surface area contributed by atoms with E-state index in [0.717, 1.165) is 40.6 Å². The molecule has 2 aromatic heterocycles. The molecular formula is C15H22N4S2. The van der Waals surface area contributed by atoms with Crippen LogP contribution >= 0.6 is 23.1 Å². The van der Waals surface area contributed by atoms with Gasteiger partial charge in [-0.15, -0.1) is 11.3 Å². The lowest BCUT2D eigenvalue weighted by molar-refractivity contribution is 0.318. The third-order valence-electron chi connectivity index (χ3n) is 3.88. The predicted molar refractivity (Wildman–Crippen MR) is 92.1 cm³/mol. The third-order valence-corrected chi connectivity index (χ3v) is 5.92. The fourth-order valence-corrected chi connectivity index (χ4v) is 4.93. The molecule has 1 aliphatic rings. The molecule has 0 spiro atoms. The summed E-state index contributed by atoms with van der Waals surface area (Å²) >= 11 is 3.52. The second kappa shape index (κ2) is 6.50. The van der Waals surface area contributed by atoms with E-state index in [2.05, 4.69) is 23.9 Å². The van der Waals surface area contributed by atoms with Crippen LogP contribution in [0.4, 0.5) is 5.82 Å². The standard InChI is InChI=1S/C15H22N4S2/c1-3-4-5-8-20-15-17-13(16)12-10-6-7-19(2)9-11(10)21-14(12)18-15/h3-9H2,1-2H3,(H2,16,17,18). The summed E-state index contributed by atoms with van der Waals surface area (Å²) in [5.74, 6) is 1.74. The number of nitrogen functional groups attached to an aromatic ring is 1. The summed E-state index contributed by atoms with van der Waals surface area (Å²) in [7, 11) is 2.16. The molecule has 0 atom stereocenters. The van der Waals surface area contributed by atoms with Crippen molar-refractivity contribution in [2.45, 2.75) is 44.3 Å². The largest absolute Gasteiger partial charge is 0.383 e. The van der Waals surface area contributed by atoms with Gasteiger partial charge in [0.1, 0.15) is 10.6 Å². The molecule has 2 aromatic rings. The van der Waals surface area contributed by atoms with Crippen LogP contribution in [0.1, 0.15) is 36.6 Å². The minimum atomic E-state index is 0.667. The topological polar surface area (TPSA) is 55.0 Å². The van der Waals surface area contributed by atoms with Gasteiger partial charge < -0.3 is 10.6 Å². The Balaban J connectivity index is 1.86. The molecule has 0 saturated heterocycles. The van der Waals surface area contributed by atoms with Gasteiger partial charge in [0.2, 0.25) is 0 Å². The maximum absolute atomic E-state index is 6.22. The fourth-order valence-electron chi connectivity index (χ4n) is 2.71. The lowest BCUT2D eigenvalue weighted by atomic mass is 10.1. The molecule has 0 radical (unpaired) electrons. The Hall–Kier alpha value is -0.850. The highest BCUT2D eigenvalue weighted by Crippen LogP contribution is 2.37. The van der Waals surface area contributed by atoms with E-state index in [1.54, 1.807) is 23.1 Å². The number of thioether (sulfide) groups is 1. The number of thiophene rings is 1. The molecule has 1 aliphatic heterocycles. The SMILES string of the molecule is CCCCCSc1nc(N)c2c3c(sc2n1)CN(C)CC3. The van der Waals surface area contributed by atoms with Crippen LogP contribution in [0.2, 0.25) is 0 Å². The van der Waals surface area contributed by atoms with Gasteiger partial charge in [0.05, 0.1) is 5.39 Å². The molecule has 3 heterocycles. The highest BCUT2D eigenvalue weighted by Gasteiger charge is 2.22. The lowest BCUT2D eigenvalue weighted by Crippen LogP contribution is -2.25. The van der Waals surface area contributed by atoms with Gasteiger partial charge in [-0.1, -0.05) is 31.5 Å². The van der Waals surface area contributed by atoms with Crippen molar-refractivity contribution in [1.29, 1.82) is 0 Å². The minimum absolute atomic E-state index is 0.667. The number of anilines is 1. The second-order valence-corrected chi connectivity index (χ2v) is 7.76. The molecule has 0 aliphatic carbocycles. The molecule has 0 fully saturated rings. The smallest absolute Gasteiger partial charge is 0.190 e. The predicted octanol–water partition coefficient (Wildman–Crippen LogP) is 3.54. The van der Waals surface area contributed by atoms with Gasteiger partial charge in [-0.3, -0.25) is 0 Å². The number of rotatable bonds is 5. The van der Waals surface area contributed by atoms with E-state index in [9.17, 15) is 0 Å². The molecule has 0 amide bonds. The molecule has 2 N–H and O–H groups in total. The van der Waals surface area contributed by atoms with Crippen molar-refractivity contribution in [3.63, 3.8) is 0 Å². The Morgan fingerprint density at radius 1 is 1.33 bits per heavy atom. The molecular weight excluding hydrogens is 300 g/mol. The maximum Gasteiger partial charge on any atom is 0.190 e. The van der Waals surface area contributed by atoms with Crippen molar-refractivity contribution in [3.05, 3.63) is 10.4 Å². The number of likely N-dealkylation sites (N-methyl/N-ethyl adjacent to an activating group) is 1. The first-order chi connectivity index (χ1) is 10.2. The summed E-state index contributed by atoms with van der Waals surface area (Å²) in [6.45, 7) is 4.32. The van der Waals surface area contributed by atoms with E-state index >= 15 is 0 Å². The minimum Gasteiger partial charge on any atom is -0.383 e. The molecule has 0 aromatic carbocycles. The van der Waals surface area contributed by atoms with Crippen LogP contribution in [0.15, 0.2) is 5.16 Å². The van der Waals surface area contributed by atoms with Gasteiger partial charge in [-0.25, -0.2) is 9.97 Å².